The van der Waals surface area contributed by atoms with E-state index in [-0.39, 0.29) is 16.3 Å². The van der Waals surface area contributed by atoms with Crippen molar-refractivity contribution < 1.29 is 27.4 Å². The summed E-state index contributed by atoms with van der Waals surface area (Å²) in [5.41, 5.74) is 3.99. The standard InChI is InChI=1S/C26H28ClN3O6S/c1-5-36-22-12-10-21(11-13-22)30(37(32,33)23-14-15-24(34-3)25(16-23)35-4)17-26(31)29-28-18(2)19-6-8-20(27)9-7-19/h6-16H,5,17H2,1-4H3,(H,29,31)/b28-18-. The summed E-state index contributed by atoms with van der Waals surface area (Å²) in [7, 11) is -1.33. The van der Waals surface area contributed by atoms with E-state index in [4.69, 9.17) is 25.8 Å². The third-order valence-corrected chi connectivity index (χ3v) is 7.30. The molecule has 0 aromatic heterocycles. The molecule has 3 rings (SSSR count). The molecule has 0 atom stereocenters. The number of halogens is 1. The molecule has 3 aromatic rings. The fourth-order valence-corrected chi connectivity index (χ4v) is 4.93. The van der Waals surface area contributed by atoms with Gasteiger partial charge in [0.1, 0.15) is 12.3 Å². The van der Waals surface area contributed by atoms with Gasteiger partial charge in [0.25, 0.3) is 15.9 Å². The maximum absolute atomic E-state index is 13.7. The van der Waals surface area contributed by atoms with Crippen LogP contribution in [-0.2, 0) is 14.8 Å². The number of sulfonamides is 1. The van der Waals surface area contributed by atoms with Gasteiger partial charge in [-0.2, -0.15) is 5.10 Å². The van der Waals surface area contributed by atoms with Crippen molar-refractivity contribution in [1.82, 2.24) is 5.43 Å². The Labute approximate surface area is 221 Å². The Kier molecular flexibility index (Phi) is 9.37. The van der Waals surface area contributed by atoms with E-state index in [2.05, 4.69) is 10.5 Å². The molecule has 9 nitrogen and oxygen atoms in total. The Morgan fingerprint density at radius 3 is 2.22 bits per heavy atom. The van der Waals surface area contributed by atoms with Crippen LogP contribution < -0.4 is 23.9 Å². The summed E-state index contributed by atoms with van der Waals surface area (Å²) < 4.78 is 44.3. The van der Waals surface area contributed by atoms with E-state index in [1.54, 1.807) is 55.5 Å². The number of rotatable bonds is 11. The first kappa shape index (κ1) is 27.8. The first-order chi connectivity index (χ1) is 17.7. The molecule has 0 aliphatic carbocycles. The average molecular weight is 546 g/mol. The Balaban J connectivity index is 1.93. The first-order valence-electron chi connectivity index (χ1n) is 11.3. The van der Waals surface area contributed by atoms with E-state index in [9.17, 15) is 13.2 Å². The molecule has 3 aromatic carbocycles. The normalized spacial score (nSPS) is 11.5. The van der Waals surface area contributed by atoms with E-state index >= 15 is 0 Å². The zero-order valence-electron chi connectivity index (χ0n) is 20.9. The lowest BCUT2D eigenvalue weighted by molar-refractivity contribution is -0.119. The van der Waals surface area contributed by atoms with Crippen LogP contribution in [0.4, 0.5) is 5.69 Å². The summed E-state index contributed by atoms with van der Waals surface area (Å²) in [6.07, 6.45) is 0. The number of nitrogens with zero attached hydrogens (tertiary/aromatic N) is 2. The van der Waals surface area contributed by atoms with Crippen LogP contribution in [0.25, 0.3) is 0 Å². The zero-order valence-corrected chi connectivity index (χ0v) is 22.5. The number of hydrogen-bond acceptors (Lipinski definition) is 7. The lowest BCUT2D eigenvalue weighted by Crippen LogP contribution is -2.39. The molecule has 1 N–H and O–H groups in total. The molecule has 0 heterocycles. The van der Waals surface area contributed by atoms with Crippen molar-refractivity contribution in [2.75, 3.05) is 31.7 Å². The van der Waals surface area contributed by atoms with Crippen LogP contribution in [0.5, 0.6) is 17.2 Å². The maximum Gasteiger partial charge on any atom is 0.264 e. The smallest absolute Gasteiger partial charge is 0.264 e. The number of carbonyl (C=O) groups excluding carboxylic acids is 1. The fourth-order valence-electron chi connectivity index (χ4n) is 3.36. The van der Waals surface area contributed by atoms with Gasteiger partial charge in [-0.25, -0.2) is 13.8 Å². The number of amides is 1. The summed E-state index contributed by atoms with van der Waals surface area (Å²) in [5, 5.41) is 4.69. The minimum absolute atomic E-state index is 0.0762. The molecule has 0 unspecified atom stereocenters. The van der Waals surface area contributed by atoms with E-state index in [0.29, 0.717) is 28.8 Å². The number of hydrogen-bond donors (Lipinski definition) is 1. The lowest BCUT2D eigenvalue weighted by atomic mass is 10.1. The van der Waals surface area contributed by atoms with Crippen molar-refractivity contribution in [3.8, 4) is 17.2 Å². The number of hydrazone groups is 1. The predicted octanol–water partition coefficient (Wildman–Crippen LogP) is 4.49. The molecule has 0 saturated carbocycles. The molecular weight excluding hydrogens is 518 g/mol. The predicted molar refractivity (Wildman–Crippen MR) is 143 cm³/mol. The molecule has 0 bridgehead atoms. The van der Waals surface area contributed by atoms with Gasteiger partial charge in [-0.1, -0.05) is 23.7 Å². The third kappa shape index (κ3) is 6.93. The second kappa shape index (κ2) is 12.5. The van der Waals surface area contributed by atoms with Gasteiger partial charge in [0.05, 0.1) is 37.1 Å². The highest BCUT2D eigenvalue weighted by atomic mass is 35.5. The summed E-state index contributed by atoms with van der Waals surface area (Å²) >= 11 is 5.92. The summed E-state index contributed by atoms with van der Waals surface area (Å²) in [5.74, 6) is 0.551. The van der Waals surface area contributed by atoms with Gasteiger partial charge >= 0.3 is 0 Å². The van der Waals surface area contributed by atoms with E-state index in [1.807, 2.05) is 6.92 Å². The molecule has 1 amide bonds. The number of anilines is 1. The van der Waals surface area contributed by atoms with Crippen molar-refractivity contribution in [2.24, 2.45) is 5.10 Å². The lowest BCUT2D eigenvalue weighted by Gasteiger charge is -2.24. The molecule has 196 valence electrons. The number of nitrogens with one attached hydrogen (secondary N) is 1. The van der Waals surface area contributed by atoms with Gasteiger partial charge in [-0.3, -0.25) is 9.10 Å². The largest absolute Gasteiger partial charge is 0.494 e. The van der Waals surface area contributed by atoms with Crippen molar-refractivity contribution in [2.45, 2.75) is 18.7 Å². The number of benzene rings is 3. The first-order valence-corrected chi connectivity index (χ1v) is 13.1. The van der Waals surface area contributed by atoms with Crippen LogP contribution in [0.15, 0.2) is 76.7 Å². The van der Waals surface area contributed by atoms with Gasteiger partial charge in [-0.15, -0.1) is 0 Å². The number of ether oxygens (including phenoxy) is 3. The second-order valence-corrected chi connectivity index (χ2v) is 9.99. The Hall–Kier alpha value is -3.76. The molecule has 0 aliphatic heterocycles. The van der Waals surface area contributed by atoms with Crippen molar-refractivity contribution in [3.63, 3.8) is 0 Å². The van der Waals surface area contributed by atoms with Crippen molar-refractivity contribution in [1.29, 1.82) is 0 Å². The molecule has 0 radical (unpaired) electrons. The number of carbonyl (C=O) groups is 1. The highest BCUT2D eigenvalue weighted by molar-refractivity contribution is 7.92. The van der Waals surface area contributed by atoms with Gasteiger partial charge in [0.15, 0.2) is 11.5 Å². The quantitative estimate of drug-likeness (QED) is 0.281. The van der Waals surface area contributed by atoms with Gasteiger partial charge in [-0.05, 0) is 67.9 Å². The average Bonchev–Trinajstić information content (AvgIpc) is 2.91. The molecule has 0 fully saturated rings. The fraction of sp³-hybridized carbons (Fsp3) is 0.231. The summed E-state index contributed by atoms with van der Waals surface area (Å²) in [4.78, 5) is 12.8. The Morgan fingerprint density at radius 1 is 0.973 bits per heavy atom. The van der Waals surface area contributed by atoms with Gasteiger partial charge < -0.3 is 14.2 Å². The summed E-state index contributed by atoms with van der Waals surface area (Å²) in [6, 6.07) is 17.6. The van der Waals surface area contributed by atoms with E-state index in [1.165, 1.54) is 32.4 Å². The number of methoxy groups -OCH3 is 2. The van der Waals surface area contributed by atoms with E-state index in [0.717, 1.165) is 9.87 Å². The molecule has 0 spiro atoms. The minimum Gasteiger partial charge on any atom is -0.494 e. The molecule has 0 aliphatic rings. The Bertz CT molecular complexity index is 1360. The third-order valence-electron chi connectivity index (χ3n) is 5.28. The van der Waals surface area contributed by atoms with Crippen LogP contribution in [-0.4, -0.2) is 47.4 Å². The van der Waals surface area contributed by atoms with Gasteiger partial charge in [0, 0.05) is 11.1 Å². The molecule has 11 heteroatoms. The van der Waals surface area contributed by atoms with Crippen LogP contribution >= 0.6 is 11.6 Å². The SMILES string of the molecule is CCOc1ccc(N(CC(=O)N/N=C(/C)c2ccc(Cl)cc2)S(=O)(=O)c2ccc(OC)c(OC)c2)cc1. The zero-order chi connectivity index (χ0) is 27.0. The highest BCUT2D eigenvalue weighted by Gasteiger charge is 2.28. The monoisotopic (exact) mass is 545 g/mol. The molecular formula is C26H28ClN3O6S. The van der Waals surface area contributed by atoms with Crippen LogP contribution in [0.2, 0.25) is 5.02 Å². The van der Waals surface area contributed by atoms with E-state index < -0.39 is 22.5 Å². The van der Waals surface area contributed by atoms with Gasteiger partial charge in [0.2, 0.25) is 0 Å². The topological polar surface area (TPSA) is 107 Å². The van der Waals surface area contributed by atoms with Crippen molar-refractivity contribution >= 4 is 38.9 Å². The second-order valence-electron chi connectivity index (χ2n) is 7.69. The summed E-state index contributed by atoms with van der Waals surface area (Å²) in [6.45, 7) is 3.50. The minimum atomic E-state index is -4.19. The Morgan fingerprint density at radius 2 is 1.62 bits per heavy atom. The molecule has 37 heavy (non-hydrogen) atoms. The van der Waals surface area contributed by atoms with Crippen LogP contribution in [0.1, 0.15) is 19.4 Å². The van der Waals surface area contributed by atoms with Crippen LogP contribution in [0.3, 0.4) is 0 Å². The molecule has 0 saturated heterocycles. The van der Waals surface area contributed by atoms with Crippen LogP contribution in [0, 0.1) is 0 Å². The maximum atomic E-state index is 13.7. The van der Waals surface area contributed by atoms with Crippen molar-refractivity contribution in [3.05, 3.63) is 77.3 Å². The highest BCUT2D eigenvalue weighted by Crippen LogP contribution is 2.32.